The third-order valence-electron chi connectivity index (χ3n) is 1.51. The number of hydroxylamine groups is 2. The zero-order valence-corrected chi connectivity index (χ0v) is 7.33. The van der Waals surface area contributed by atoms with Crippen molar-refractivity contribution in [2.24, 2.45) is 0 Å². The summed E-state index contributed by atoms with van der Waals surface area (Å²) in [6.07, 6.45) is 0. The molecule has 1 amide bonds. The molecule has 5 heteroatoms. The molecule has 0 aliphatic heterocycles. The van der Waals surface area contributed by atoms with Crippen LogP contribution < -0.4 is 5.66 Å². The van der Waals surface area contributed by atoms with Gasteiger partial charge in [-0.15, -0.1) is 0 Å². The Balaban J connectivity index is 2.78. The van der Waals surface area contributed by atoms with Gasteiger partial charge in [-0.05, 0) is 12.1 Å². The Hall–Kier alpha value is -1.23. The maximum absolute atomic E-state index is 11.3. The van der Waals surface area contributed by atoms with Gasteiger partial charge in [0.2, 0.25) is 0 Å². The van der Waals surface area contributed by atoms with Gasteiger partial charge in [0, 0.05) is 7.05 Å². The molecule has 1 aromatic rings. The van der Waals surface area contributed by atoms with Crippen molar-refractivity contribution in [2.75, 3.05) is 14.2 Å². The Morgan fingerprint density at radius 2 is 2.33 bits per heavy atom. The highest BCUT2D eigenvalue weighted by Crippen LogP contribution is 2.01. The van der Waals surface area contributed by atoms with Gasteiger partial charge in [-0.25, -0.2) is 5.06 Å². The summed E-state index contributed by atoms with van der Waals surface area (Å²) in [6, 6.07) is 3.35. The Labute approximate surface area is 71.5 Å². The number of carbonyl (C=O) groups is 1. The van der Waals surface area contributed by atoms with E-state index in [0.29, 0.717) is 5.66 Å². The van der Waals surface area contributed by atoms with Gasteiger partial charge in [-0.2, -0.15) is 0 Å². The maximum Gasteiger partial charge on any atom is 0.312 e. The van der Waals surface area contributed by atoms with Crippen molar-refractivity contribution in [3.05, 3.63) is 17.9 Å². The molecule has 0 atom stereocenters. The number of nitrogens with zero attached hydrogens (tertiary/aromatic N) is 1. The fourth-order valence-electron chi connectivity index (χ4n) is 0.788. The molecule has 1 rings (SSSR count). The number of hydrogen-bond donors (Lipinski definition) is 0. The summed E-state index contributed by atoms with van der Waals surface area (Å²) in [5.41, 5.74) is 0.711. The van der Waals surface area contributed by atoms with Crippen LogP contribution in [-0.4, -0.2) is 33.0 Å². The van der Waals surface area contributed by atoms with Crippen LogP contribution in [0.25, 0.3) is 0 Å². The molecule has 0 aromatic carbocycles. The molecule has 1 heterocycles. The van der Waals surface area contributed by atoms with Crippen molar-refractivity contribution in [3.63, 3.8) is 0 Å². The number of furan rings is 1. The van der Waals surface area contributed by atoms with E-state index in [9.17, 15) is 4.79 Å². The van der Waals surface area contributed by atoms with E-state index in [1.165, 1.54) is 14.2 Å². The van der Waals surface area contributed by atoms with Gasteiger partial charge in [0.25, 0.3) is 0 Å². The second-order valence-electron chi connectivity index (χ2n) is 2.40. The Morgan fingerprint density at radius 1 is 1.67 bits per heavy atom. The van der Waals surface area contributed by atoms with Crippen LogP contribution >= 0.6 is 0 Å². The standard InChI is InChI=1S/C7H10BNO3/c1-9(11-2)7(10)5-3-4-6(8)12-5/h3-4H,8H2,1-2H3. The van der Waals surface area contributed by atoms with Gasteiger partial charge < -0.3 is 4.42 Å². The molecule has 0 fully saturated rings. The molecular formula is C7H10BNO3. The normalized spacial score (nSPS) is 9.83. The number of hydrogen-bond acceptors (Lipinski definition) is 3. The lowest BCUT2D eigenvalue weighted by Crippen LogP contribution is -2.25. The third kappa shape index (κ3) is 1.68. The fourth-order valence-corrected chi connectivity index (χ4v) is 0.788. The van der Waals surface area contributed by atoms with Gasteiger partial charge in [-0.1, -0.05) is 0 Å². The minimum absolute atomic E-state index is 0.286. The zero-order chi connectivity index (χ0) is 9.14. The molecule has 0 N–H and O–H groups in total. The maximum atomic E-state index is 11.3. The first-order chi connectivity index (χ1) is 5.65. The predicted molar refractivity (Wildman–Crippen MR) is 46.0 cm³/mol. The van der Waals surface area contributed by atoms with Crippen molar-refractivity contribution >= 4 is 19.4 Å². The lowest BCUT2D eigenvalue weighted by atomic mass is 10.1. The Bertz CT molecular complexity index is 284. The summed E-state index contributed by atoms with van der Waals surface area (Å²) >= 11 is 0. The predicted octanol–water partition coefficient (Wildman–Crippen LogP) is -0.829. The lowest BCUT2D eigenvalue weighted by Gasteiger charge is -2.10. The molecule has 64 valence electrons. The van der Waals surface area contributed by atoms with Gasteiger partial charge in [0.05, 0.1) is 12.8 Å². The highest BCUT2D eigenvalue weighted by atomic mass is 16.7. The van der Waals surface area contributed by atoms with Crippen molar-refractivity contribution < 1.29 is 14.0 Å². The third-order valence-corrected chi connectivity index (χ3v) is 1.51. The van der Waals surface area contributed by atoms with E-state index >= 15 is 0 Å². The van der Waals surface area contributed by atoms with E-state index in [1.807, 2.05) is 0 Å². The second-order valence-corrected chi connectivity index (χ2v) is 2.40. The van der Waals surface area contributed by atoms with Crippen molar-refractivity contribution in [2.45, 2.75) is 0 Å². The Kier molecular flexibility index (Phi) is 2.55. The molecule has 0 aliphatic rings. The van der Waals surface area contributed by atoms with Crippen LogP contribution in [0.15, 0.2) is 16.5 Å². The first-order valence-corrected chi connectivity index (χ1v) is 3.53. The number of carbonyl (C=O) groups excluding carboxylic acids is 1. The molecule has 12 heavy (non-hydrogen) atoms. The second kappa shape index (κ2) is 3.45. The minimum Gasteiger partial charge on any atom is -0.467 e. The number of amides is 1. The summed E-state index contributed by atoms with van der Waals surface area (Å²) in [6.45, 7) is 0. The molecular weight excluding hydrogens is 157 g/mol. The van der Waals surface area contributed by atoms with Crippen LogP contribution in [0.3, 0.4) is 0 Å². The van der Waals surface area contributed by atoms with Crippen LogP contribution in [0.5, 0.6) is 0 Å². The molecule has 0 unspecified atom stereocenters. The minimum atomic E-state index is -0.286. The Morgan fingerprint density at radius 3 is 2.75 bits per heavy atom. The molecule has 1 aromatic heterocycles. The summed E-state index contributed by atoms with van der Waals surface area (Å²) in [5, 5.41) is 1.11. The summed E-state index contributed by atoms with van der Waals surface area (Å²) in [7, 11) is 4.73. The van der Waals surface area contributed by atoms with Gasteiger partial charge >= 0.3 is 5.91 Å². The zero-order valence-electron chi connectivity index (χ0n) is 7.33. The van der Waals surface area contributed by atoms with E-state index in [1.54, 1.807) is 20.0 Å². The quantitative estimate of drug-likeness (QED) is 0.426. The van der Waals surface area contributed by atoms with Crippen LogP contribution in [0.4, 0.5) is 0 Å². The van der Waals surface area contributed by atoms with Crippen LogP contribution in [0.1, 0.15) is 10.6 Å². The molecule has 0 radical (unpaired) electrons. The average molecular weight is 167 g/mol. The topological polar surface area (TPSA) is 42.7 Å². The summed E-state index contributed by atoms with van der Waals surface area (Å²) in [4.78, 5) is 16.0. The molecule has 0 bridgehead atoms. The average Bonchev–Trinajstić information content (AvgIpc) is 2.49. The van der Waals surface area contributed by atoms with Gasteiger partial charge in [0.15, 0.2) is 13.6 Å². The van der Waals surface area contributed by atoms with Gasteiger partial charge in [-0.3, -0.25) is 9.63 Å². The van der Waals surface area contributed by atoms with Crippen LogP contribution in [0.2, 0.25) is 0 Å². The SMILES string of the molecule is Bc1ccc(C(=O)N(C)OC)o1. The summed E-state index contributed by atoms with van der Waals surface area (Å²) in [5.74, 6) is 0.00227. The highest BCUT2D eigenvalue weighted by Gasteiger charge is 2.14. The summed E-state index contributed by atoms with van der Waals surface area (Å²) < 4.78 is 5.10. The molecule has 0 spiro atoms. The van der Waals surface area contributed by atoms with Crippen molar-refractivity contribution in [1.82, 2.24) is 5.06 Å². The molecule has 0 saturated carbocycles. The molecule has 4 nitrogen and oxygen atoms in total. The highest BCUT2D eigenvalue weighted by molar-refractivity contribution is 6.30. The fraction of sp³-hybridized carbons (Fsp3) is 0.286. The molecule has 0 aliphatic carbocycles. The van der Waals surface area contributed by atoms with Crippen molar-refractivity contribution in [1.29, 1.82) is 0 Å². The van der Waals surface area contributed by atoms with Crippen LogP contribution in [0, 0.1) is 0 Å². The molecule has 0 saturated heterocycles. The van der Waals surface area contributed by atoms with Gasteiger partial charge in [0.1, 0.15) is 0 Å². The van der Waals surface area contributed by atoms with E-state index < -0.39 is 0 Å². The first-order valence-electron chi connectivity index (χ1n) is 3.53. The van der Waals surface area contributed by atoms with E-state index in [-0.39, 0.29) is 11.7 Å². The monoisotopic (exact) mass is 167 g/mol. The van der Waals surface area contributed by atoms with E-state index in [4.69, 9.17) is 9.25 Å². The smallest absolute Gasteiger partial charge is 0.312 e. The largest absolute Gasteiger partial charge is 0.467 e. The van der Waals surface area contributed by atoms with E-state index in [0.717, 1.165) is 5.06 Å². The van der Waals surface area contributed by atoms with Crippen LogP contribution in [-0.2, 0) is 4.84 Å². The lowest BCUT2D eigenvalue weighted by molar-refractivity contribution is -0.0772. The number of rotatable bonds is 2. The van der Waals surface area contributed by atoms with E-state index in [2.05, 4.69) is 0 Å². The first kappa shape index (κ1) is 8.87. The van der Waals surface area contributed by atoms with Crippen molar-refractivity contribution in [3.8, 4) is 0 Å².